The SMILES string of the molecule is COc1ccc(OCCN2CC(N)(C3CC3)C2)cc1. The van der Waals surface area contributed by atoms with Crippen LogP contribution in [0.1, 0.15) is 12.8 Å². The second-order valence-corrected chi connectivity index (χ2v) is 5.74. The second-order valence-electron chi connectivity index (χ2n) is 5.74. The van der Waals surface area contributed by atoms with Crippen LogP contribution < -0.4 is 15.2 Å². The maximum Gasteiger partial charge on any atom is 0.119 e. The molecule has 0 bridgehead atoms. The molecule has 4 heteroatoms. The molecular formula is C15H22N2O2. The van der Waals surface area contributed by atoms with Crippen LogP contribution in [0.3, 0.4) is 0 Å². The van der Waals surface area contributed by atoms with Crippen molar-refractivity contribution in [1.82, 2.24) is 4.90 Å². The van der Waals surface area contributed by atoms with Crippen molar-refractivity contribution in [1.29, 1.82) is 0 Å². The van der Waals surface area contributed by atoms with Gasteiger partial charge in [0.15, 0.2) is 0 Å². The lowest BCUT2D eigenvalue weighted by molar-refractivity contribution is 0.0433. The standard InChI is InChI=1S/C15H22N2O2/c1-18-13-4-6-14(7-5-13)19-9-8-17-10-15(16,11-17)12-2-3-12/h4-7,12H,2-3,8-11,16H2,1H3. The molecule has 1 aliphatic carbocycles. The van der Waals surface area contributed by atoms with E-state index in [9.17, 15) is 0 Å². The van der Waals surface area contributed by atoms with E-state index in [4.69, 9.17) is 15.2 Å². The Labute approximate surface area is 114 Å². The summed E-state index contributed by atoms with van der Waals surface area (Å²) in [4.78, 5) is 2.38. The summed E-state index contributed by atoms with van der Waals surface area (Å²) in [6.45, 7) is 3.73. The first kappa shape index (κ1) is 12.8. The average molecular weight is 262 g/mol. The van der Waals surface area contributed by atoms with Gasteiger partial charge in [-0.15, -0.1) is 0 Å². The van der Waals surface area contributed by atoms with Crippen molar-refractivity contribution in [3.05, 3.63) is 24.3 Å². The Kier molecular flexibility index (Phi) is 3.37. The van der Waals surface area contributed by atoms with Crippen LogP contribution in [0.15, 0.2) is 24.3 Å². The van der Waals surface area contributed by atoms with E-state index in [0.29, 0.717) is 6.61 Å². The van der Waals surface area contributed by atoms with Crippen LogP contribution in [0.25, 0.3) is 0 Å². The first-order valence-electron chi connectivity index (χ1n) is 6.98. The van der Waals surface area contributed by atoms with E-state index in [0.717, 1.165) is 37.1 Å². The molecule has 0 unspecified atom stereocenters. The van der Waals surface area contributed by atoms with Gasteiger partial charge in [0.2, 0.25) is 0 Å². The zero-order chi connectivity index (χ0) is 13.3. The minimum atomic E-state index is 0.111. The summed E-state index contributed by atoms with van der Waals surface area (Å²) in [5.74, 6) is 2.53. The summed E-state index contributed by atoms with van der Waals surface area (Å²) in [5.41, 5.74) is 6.43. The normalized spacial score (nSPS) is 21.8. The van der Waals surface area contributed by atoms with E-state index in [1.807, 2.05) is 24.3 Å². The summed E-state index contributed by atoms with van der Waals surface area (Å²) in [7, 11) is 1.67. The highest BCUT2D eigenvalue weighted by Crippen LogP contribution is 2.42. The van der Waals surface area contributed by atoms with Gasteiger partial charge in [-0.2, -0.15) is 0 Å². The van der Waals surface area contributed by atoms with Crippen molar-refractivity contribution in [2.24, 2.45) is 11.7 Å². The highest BCUT2D eigenvalue weighted by molar-refractivity contribution is 5.31. The lowest BCUT2D eigenvalue weighted by Crippen LogP contribution is -2.69. The summed E-state index contributed by atoms with van der Waals surface area (Å²) in [6.07, 6.45) is 2.65. The Balaban J connectivity index is 1.37. The lowest BCUT2D eigenvalue weighted by Gasteiger charge is -2.48. The molecule has 19 heavy (non-hydrogen) atoms. The molecule has 0 amide bonds. The molecule has 0 atom stereocenters. The van der Waals surface area contributed by atoms with Crippen LogP contribution in [0.5, 0.6) is 11.5 Å². The molecule has 2 fully saturated rings. The number of methoxy groups -OCH3 is 1. The quantitative estimate of drug-likeness (QED) is 0.844. The largest absolute Gasteiger partial charge is 0.497 e. The Hall–Kier alpha value is -1.26. The molecule has 0 spiro atoms. The van der Waals surface area contributed by atoms with Crippen LogP contribution in [-0.2, 0) is 0 Å². The molecule has 0 aromatic heterocycles. The molecule has 4 nitrogen and oxygen atoms in total. The van der Waals surface area contributed by atoms with Crippen molar-refractivity contribution in [2.75, 3.05) is 33.4 Å². The molecular weight excluding hydrogens is 240 g/mol. The Morgan fingerprint density at radius 2 is 1.84 bits per heavy atom. The minimum absolute atomic E-state index is 0.111. The molecule has 1 aliphatic heterocycles. The lowest BCUT2D eigenvalue weighted by atomic mass is 9.86. The van der Waals surface area contributed by atoms with E-state index in [2.05, 4.69) is 4.90 Å². The first-order chi connectivity index (χ1) is 9.19. The summed E-state index contributed by atoms with van der Waals surface area (Å²) < 4.78 is 10.8. The predicted molar refractivity (Wildman–Crippen MR) is 74.6 cm³/mol. The van der Waals surface area contributed by atoms with Crippen LogP contribution in [0.2, 0.25) is 0 Å². The van der Waals surface area contributed by atoms with Crippen LogP contribution in [0.4, 0.5) is 0 Å². The minimum Gasteiger partial charge on any atom is -0.497 e. The number of nitrogens with two attached hydrogens (primary N) is 1. The van der Waals surface area contributed by atoms with Crippen molar-refractivity contribution in [3.8, 4) is 11.5 Å². The molecule has 3 rings (SSSR count). The van der Waals surface area contributed by atoms with Gasteiger partial charge < -0.3 is 15.2 Å². The van der Waals surface area contributed by atoms with Gasteiger partial charge in [0, 0.05) is 25.2 Å². The third kappa shape index (κ3) is 2.85. The third-order valence-electron chi connectivity index (χ3n) is 4.16. The fourth-order valence-electron chi connectivity index (χ4n) is 2.83. The number of nitrogens with zero attached hydrogens (tertiary/aromatic N) is 1. The molecule has 2 N–H and O–H groups in total. The van der Waals surface area contributed by atoms with E-state index in [1.54, 1.807) is 7.11 Å². The maximum absolute atomic E-state index is 6.32. The molecule has 1 saturated heterocycles. The maximum atomic E-state index is 6.32. The van der Waals surface area contributed by atoms with Crippen LogP contribution >= 0.6 is 0 Å². The van der Waals surface area contributed by atoms with Crippen LogP contribution in [-0.4, -0.2) is 43.8 Å². The molecule has 104 valence electrons. The zero-order valence-electron chi connectivity index (χ0n) is 11.5. The molecule has 0 radical (unpaired) electrons. The first-order valence-corrected chi connectivity index (χ1v) is 6.98. The van der Waals surface area contributed by atoms with Gasteiger partial charge in [-0.1, -0.05) is 0 Å². The van der Waals surface area contributed by atoms with E-state index in [1.165, 1.54) is 12.8 Å². The summed E-state index contributed by atoms with van der Waals surface area (Å²) in [5, 5.41) is 0. The smallest absolute Gasteiger partial charge is 0.119 e. The fraction of sp³-hybridized carbons (Fsp3) is 0.600. The van der Waals surface area contributed by atoms with Crippen molar-refractivity contribution in [2.45, 2.75) is 18.4 Å². The van der Waals surface area contributed by atoms with Gasteiger partial charge in [-0.3, -0.25) is 4.90 Å². The van der Waals surface area contributed by atoms with Crippen molar-refractivity contribution in [3.63, 3.8) is 0 Å². The Morgan fingerprint density at radius 3 is 2.42 bits per heavy atom. The number of benzene rings is 1. The van der Waals surface area contributed by atoms with E-state index >= 15 is 0 Å². The van der Waals surface area contributed by atoms with E-state index in [-0.39, 0.29) is 5.54 Å². The monoisotopic (exact) mass is 262 g/mol. The Bertz CT molecular complexity index is 422. The summed E-state index contributed by atoms with van der Waals surface area (Å²) >= 11 is 0. The van der Waals surface area contributed by atoms with Gasteiger partial charge in [-0.25, -0.2) is 0 Å². The van der Waals surface area contributed by atoms with Crippen molar-refractivity contribution < 1.29 is 9.47 Å². The molecule has 1 aromatic carbocycles. The number of rotatable bonds is 6. The molecule has 2 aliphatic rings. The van der Waals surface area contributed by atoms with Crippen molar-refractivity contribution >= 4 is 0 Å². The van der Waals surface area contributed by atoms with Gasteiger partial charge >= 0.3 is 0 Å². The highest BCUT2D eigenvalue weighted by atomic mass is 16.5. The van der Waals surface area contributed by atoms with E-state index < -0.39 is 0 Å². The number of ether oxygens (including phenoxy) is 2. The van der Waals surface area contributed by atoms with Gasteiger partial charge in [0.25, 0.3) is 0 Å². The topological polar surface area (TPSA) is 47.7 Å². The average Bonchev–Trinajstić information content (AvgIpc) is 3.22. The Morgan fingerprint density at radius 1 is 1.21 bits per heavy atom. The second kappa shape index (κ2) is 5.02. The van der Waals surface area contributed by atoms with Gasteiger partial charge in [0.1, 0.15) is 18.1 Å². The van der Waals surface area contributed by atoms with Crippen LogP contribution in [0, 0.1) is 5.92 Å². The van der Waals surface area contributed by atoms with Gasteiger partial charge in [-0.05, 0) is 43.0 Å². The number of hydrogen-bond acceptors (Lipinski definition) is 4. The molecule has 1 saturated carbocycles. The predicted octanol–water partition coefficient (Wildman–Crippen LogP) is 1.50. The molecule has 1 heterocycles. The summed E-state index contributed by atoms with van der Waals surface area (Å²) in [6, 6.07) is 7.70. The highest BCUT2D eigenvalue weighted by Gasteiger charge is 2.49. The fourth-order valence-corrected chi connectivity index (χ4v) is 2.83. The number of hydrogen-bond donors (Lipinski definition) is 1. The zero-order valence-corrected chi connectivity index (χ0v) is 11.5. The molecule has 1 aromatic rings. The van der Waals surface area contributed by atoms with Gasteiger partial charge in [0.05, 0.1) is 7.11 Å². The number of likely N-dealkylation sites (tertiary alicyclic amines) is 1. The third-order valence-corrected chi connectivity index (χ3v) is 4.16.